The quantitative estimate of drug-likeness (QED) is 0.732. The van der Waals surface area contributed by atoms with Gasteiger partial charge in [-0.05, 0) is 30.0 Å². The molecular weight excluding hydrogens is 324 g/mol. The standard InChI is InChI=1S/C16H19F2NO5/c1-9-5-11(9)15(21)23-8-14(20)19-7-10-3-4-12(24-16(17)18)13(6-10)22-2/h3-4,6,9,11,16H,5,7-8H2,1-2H3,(H,19,20)/t9-,11+/m0/s1. The van der Waals surface area contributed by atoms with Crippen LogP contribution in [0.15, 0.2) is 18.2 Å². The monoisotopic (exact) mass is 343 g/mol. The molecule has 2 rings (SSSR count). The molecule has 0 spiro atoms. The fraction of sp³-hybridized carbons (Fsp3) is 0.500. The number of carbonyl (C=O) groups excluding carboxylic acids is 2. The molecule has 0 heterocycles. The number of benzene rings is 1. The van der Waals surface area contributed by atoms with Crippen molar-refractivity contribution >= 4 is 11.9 Å². The van der Waals surface area contributed by atoms with Crippen molar-refractivity contribution in [3.63, 3.8) is 0 Å². The lowest BCUT2D eigenvalue weighted by molar-refractivity contribution is -0.150. The van der Waals surface area contributed by atoms with Gasteiger partial charge in [0.15, 0.2) is 18.1 Å². The predicted octanol–water partition coefficient (Wildman–Crippen LogP) is 2.11. The summed E-state index contributed by atoms with van der Waals surface area (Å²) in [5.74, 6) is -0.519. The SMILES string of the molecule is COc1cc(CNC(=O)COC(=O)[C@@H]2C[C@@H]2C)ccc1OC(F)F. The van der Waals surface area contributed by atoms with Crippen LogP contribution in [0.3, 0.4) is 0 Å². The summed E-state index contributed by atoms with van der Waals surface area (Å²) in [7, 11) is 1.33. The van der Waals surface area contributed by atoms with Crippen molar-refractivity contribution in [2.45, 2.75) is 26.5 Å². The van der Waals surface area contributed by atoms with Crippen molar-refractivity contribution in [2.75, 3.05) is 13.7 Å². The highest BCUT2D eigenvalue weighted by Gasteiger charge is 2.40. The summed E-state index contributed by atoms with van der Waals surface area (Å²) < 4.78 is 38.7. The summed E-state index contributed by atoms with van der Waals surface area (Å²) in [6.07, 6.45) is 0.799. The first kappa shape index (κ1) is 18.0. The molecule has 0 aliphatic heterocycles. The molecule has 1 N–H and O–H groups in total. The summed E-state index contributed by atoms with van der Waals surface area (Å²) in [5, 5.41) is 2.58. The van der Waals surface area contributed by atoms with E-state index in [9.17, 15) is 18.4 Å². The molecule has 0 aromatic heterocycles. The third-order valence-corrected chi connectivity index (χ3v) is 3.69. The summed E-state index contributed by atoms with van der Waals surface area (Å²) >= 11 is 0. The molecule has 0 saturated heterocycles. The summed E-state index contributed by atoms with van der Waals surface area (Å²) in [4.78, 5) is 23.2. The predicted molar refractivity (Wildman–Crippen MR) is 79.7 cm³/mol. The zero-order valence-corrected chi connectivity index (χ0v) is 13.4. The number of methoxy groups -OCH3 is 1. The Morgan fingerprint density at radius 1 is 1.33 bits per heavy atom. The van der Waals surface area contributed by atoms with Crippen LogP contribution in [-0.2, 0) is 20.9 Å². The van der Waals surface area contributed by atoms with Crippen molar-refractivity contribution in [1.82, 2.24) is 5.32 Å². The first-order chi connectivity index (χ1) is 11.4. The van der Waals surface area contributed by atoms with Crippen LogP contribution in [-0.4, -0.2) is 32.2 Å². The number of hydrogen-bond acceptors (Lipinski definition) is 5. The Bertz CT molecular complexity index is 608. The van der Waals surface area contributed by atoms with E-state index in [0.717, 1.165) is 6.42 Å². The molecule has 0 bridgehead atoms. The van der Waals surface area contributed by atoms with Gasteiger partial charge in [-0.3, -0.25) is 9.59 Å². The van der Waals surface area contributed by atoms with Gasteiger partial charge in [0, 0.05) is 6.54 Å². The van der Waals surface area contributed by atoms with Crippen LogP contribution in [0.1, 0.15) is 18.9 Å². The minimum Gasteiger partial charge on any atom is -0.493 e. The van der Waals surface area contributed by atoms with Gasteiger partial charge in [0.25, 0.3) is 5.91 Å². The van der Waals surface area contributed by atoms with Crippen molar-refractivity contribution in [2.24, 2.45) is 11.8 Å². The summed E-state index contributed by atoms with van der Waals surface area (Å²) in [6.45, 7) is -1.21. The maximum absolute atomic E-state index is 12.3. The molecule has 132 valence electrons. The van der Waals surface area contributed by atoms with E-state index < -0.39 is 12.5 Å². The largest absolute Gasteiger partial charge is 0.493 e. The van der Waals surface area contributed by atoms with Gasteiger partial charge in [-0.2, -0.15) is 8.78 Å². The molecule has 6 nitrogen and oxygen atoms in total. The second-order valence-electron chi connectivity index (χ2n) is 5.57. The van der Waals surface area contributed by atoms with Crippen LogP contribution in [0.5, 0.6) is 11.5 Å². The average molecular weight is 343 g/mol. The normalized spacial score (nSPS) is 18.9. The Morgan fingerprint density at radius 3 is 2.62 bits per heavy atom. The molecule has 0 unspecified atom stereocenters. The number of esters is 1. The van der Waals surface area contributed by atoms with Crippen LogP contribution in [0.25, 0.3) is 0 Å². The van der Waals surface area contributed by atoms with Crippen LogP contribution in [0.2, 0.25) is 0 Å². The van der Waals surface area contributed by atoms with Gasteiger partial charge >= 0.3 is 12.6 Å². The van der Waals surface area contributed by atoms with Gasteiger partial charge in [0.05, 0.1) is 13.0 Å². The Labute approximate surface area is 138 Å². The molecule has 1 saturated carbocycles. The Kier molecular flexibility index (Phi) is 5.94. The summed E-state index contributed by atoms with van der Waals surface area (Å²) in [6, 6.07) is 4.34. The van der Waals surface area contributed by atoms with Gasteiger partial charge in [-0.25, -0.2) is 0 Å². The van der Waals surface area contributed by atoms with E-state index in [1.54, 1.807) is 0 Å². The maximum Gasteiger partial charge on any atom is 0.387 e. The molecule has 1 aromatic rings. The van der Waals surface area contributed by atoms with E-state index in [1.807, 2.05) is 6.92 Å². The fourth-order valence-electron chi connectivity index (χ4n) is 2.16. The van der Waals surface area contributed by atoms with Gasteiger partial charge in [-0.15, -0.1) is 0 Å². The molecule has 1 aliphatic rings. The lowest BCUT2D eigenvalue weighted by atomic mass is 10.2. The number of carbonyl (C=O) groups is 2. The maximum atomic E-state index is 12.3. The fourth-order valence-corrected chi connectivity index (χ4v) is 2.16. The second-order valence-corrected chi connectivity index (χ2v) is 5.57. The Balaban J connectivity index is 1.80. The zero-order chi connectivity index (χ0) is 17.7. The van der Waals surface area contributed by atoms with Crippen molar-refractivity contribution in [3.8, 4) is 11.5 Å². The molecular formula is C16H19F2NO5. The highest BCUT2D eigenvalue weighted by atomic mass is 19.3. The van der Waals surface area contributed by atoms with Crippen molar-refractivity contribution in [1.29, 1.82) is 0 Å². The van der Waals surface area contributed by atoms with E-state index in [0.29, 0.717) is 11.5 Å². The van der Waals surface area contributed by atoms with Gasteiger partial charge in [0.1, 0.15) is 0 Å². The lowest BCUT2D eigenvalue weighted by Crippen LogP contribution is -2.28. The average Bonchev–Trinajstić information content (AvgIpc) is 3.28. The number of ether oxygens (including phenoxy) is 3. The first-order valence-electron chi connectivity index (χ1n) is 7.45. The van der Waals surface area contributed by atoms with Crippen molar-refractivity contribution < 1.29 is 32.6 Å². The third-order valence-electron chi connectivity index (χ3n) is 3.69. The molecule has 0 radical (unpaired) electrons. The van der Waals surface area contributed by atoms with E-state index in [4.69, 9.17) is 9.47 Å². The number of amides is 1. The molecule has 1 amide bonds. The molecule has 8 heteroatoms. The summed E-state index contributed by atoms with van der Waals surface area (Å²) in [5.41, 5.74) is 0.629. The van der Waals surface area contributed by atoms with Gasteiger partial charge in [0.2, 0.25) is 0 Å². The number of alkyl halides is 2. The second kappa shape index (κ2) is 7.94. The minimum absolute atomic E-state index is 0.0879. The number of nitrogens with one attached hydrogen (secondary N) is 1. The van der Waals surface area contributed by atoms with Crippen LogP contribution < -0.4 is 14.8 Å². The van der Waals surface area contributed by atoms with Crippen LogP contribution in [0, 0.1) is 11.8 Å². The molecule has 2 atom stereocenters. The smallest absolute Gasteiger partial charge is 0.387 e. The van der Waals surface area contributed by atoms with E-state index in [1.165, 1.54) is 25.3 Å². The van der Waals surface area contributed by atoms with E-state index in [-0.39, 0.29) is 36.5 Å². The van der Waals surface area contributed by atoms with Crippen LogP contribution >= 0.6 is 0 Å². The molecule has 1 aliphatic carbocycles. The number of halogens is 2. The lowest BCUT2D eigenvalue weighted by Gasteiger charge is -2.12. The van der Waals surface area contributed by atoms with E-state index in [2.05, 4.69) is 10.1 Å². The number of rotatable bonds is 8. The molecule has 24 heavy (non-hydrogen) atoms. The molecule has 1 fully saturated rings. The Hall–Kier alpha value is -2.38. The first-order valence-corrected chi connectivity index (χ1v) is 7.45. The minimum atomic E-state index is -2.95. The zero-order valence-electron chi connectivity index (χ0n) is 13.4. The van der Waals surface area contributed by atoms with Gasteiger partial charge in [-0.1, -0.05) is 13.0 Å². The molecule has 1 aromatic carbocycles. The topological polar surface area (TPSA) is 73.9 Å². The van der Waals surface area contributed by atoms with Gasteiger partial charge < -0.3 is 19.5 Å². The third kappa shape index (κ3) is 5.07. The van der Waals surface area contributed by atoms with E-state index >= 15 is 0 Å². The number of hydrogen-bond donors (Lipinski definition) is 1. The Morgan fingerprint density at radius 2 is 2.04 bits per heavy atom. The highest BCUT2D eigenvalue weighted by Crippen LogP contribution is 2.38. The van der Waals surface area contributed by atoms with Crippen LogP contribution in [0.4, 0.5) is 8.78 Å². The van der Waals surface area contributed by atoms with Crippen molar-refractivity contribution in [3.05, 3.63) is 23.8 Å². The highest BCUT2D eigenvalue weighted by molar-refractivity contribution is 5.82.